The van der Waals surface area contributed by atoms with Gasteiger partial charge in [0.25, 0.3) is 0 Å². The van der Waals surface area contributed by atoms with Gasteiger partial charge >= 0.3 is 0 Å². The molecule has 0 fully saturated rings. The number of methoxy groups -OCH3 is 1. The number of rotatable bonds is 4. The maximum atomic E-state index is 5.38. The molecular formula is C26H27N5OS. The van der Waals surface area contributed by atoms with Crippen molar-refractivity contribution >= 4 is 33.7 Å². The normalized spacial score (nSPS) is 19.2. The Morgan fingerprint density at radius 2 is 1.76 bits per heavy atom. The highest BCUT2D eigenvalue weighted by Crippen LogP contribution is 2.43. The van der Waals surface area contributed by atoms with E-state index in [1.807, 2.05) is 41.7 Å². The van der Waals surface area contributed by atoms with Crippen molar-refractivity contribution in [3.8, 4) is 5.75 Å². The van der Waals surface area contributed by atoms with Gasteiger partial charge in [-0.3, -0.25) is 10.3 Å². The van der Waals surface area contributed by atoms with Gasteiger partial charge in [0.15, 0.2) is 12.1 Å². The van der Waals surface area contributed by atoms with Crippen LogP contribution in [0.1, 0.15) is 47.3 Å². The Hall–Kier alpha value is -3.32. The van der Waals surface area contributed by atoms with E-state index < -0.39 is 0 Å². The van der Waals surface area contributed by atoms with E-state index in [9.17, 15) is 0 Å². The minimum Gasteiger partial charge on any atom is -0.497 e. The SMILES string of the molecule is COc1ccc(C2=Nc3sc4c(c3C3=NNC(Nc5ccccc5)N23)CCCCCC4)cc1. The molecule has 0 saturated heterocycles. The Labute approximate surface area is 198 Å². The predicted molar refractivity (Wildman–Crippen MR) is 135 cm³/mol. The van der Waals surface area contributed by atoms with Crippen molar-refractivity contribution in [2.24, 2.45) is 10.1 Å². The zero-order chi connectivity index (χ0) is 22.2. The molecule has 1 aromatic heterocycles. The van der Waals surface area contributed by atoms with Crippen LogP contribution in [0.25, 0.3) is 0 Å². The molecule has 0 amide bonds. The first kappa shape index (κ1) is 20.3. The fourth-order valence-electron chi connectivity index (χ4n) is 4.85. The maximum Gasteiger partial charge on any atom is 0.198 e. The second-order valence-electron chi connectivity index (χ2n) is 8.61. The molecule has 0 saturated carbocycles. The molecule has 0 radical (unpaired) electrons. The molecule has 2 aromatic carbocycles. The van der Waals surface area contributed by atoms with E-state index in [1.54, 1.807) is 7.11 Å². The number of hydrogen-bond acceptors (Lipinski definition) is 7. The third-order valence-corrected chi connectivity index (χ3v) is 7.70. The first-order valence-electron chi connectivity index (χ1n) is 11.6. The van der Waals surface area contributed by atoms with Crippen LogP contribution >= 0.6 is 11.3 Å². The van der Waals surface area contributed by atoms with Crippen LogP contribution in [0.4, 0.5) is 10.7 Å². The van der Waals surface area contributed by atoms with Crippen LogP contribution in [-0.2, 0) is 12.8 Å². The molecule has 3 heterocycles. The number of aliphatic imine (C=N–C) groups is 1. The fraction of sp³-hybridized carbons (Fsp3) is 0.308. The highest BCUT2D eigenvalue weighted by atomic mass is 32.1. The average molecular weight is 458 g/mol. The topological polar surface area (TPSA) is 61.3 Å². The average Bonchev–Trinajstić information content (AvgIpc) is 3.40. The van der Waals surface area contributed by atoms with Gasteiger partial charge in [-0.1, -0.05) is 31.0 Å². The number of hydrazone groups is 1. The van der Waals surface area contributed by atoms with Crippen LogP contribution in [0, 0.1) is 0 Å². The van der Waals surface area contributed by atoms with Crippen molar-refractivity contribution in [1.82, 2.24) is 10.3 Å². The monoisotopic (exact) mass is 457 g/mol. The number of anilines is 1. The van der Waals surface area contributed by atoms with E-state index in [-0.39, 0.29) is 6.29 Å². The summed E-state index contributed by atoms with van der Waals surface area (Å²) in [6.07, 6.45) is 7.15. The number of thiophene rings is 1. The number of para-hydroxylation sites is 1. The van der Waals surface area contributed by atoms with Gasteiger partial charge in [-0.15, -0.1) is 11.3 Å². The summed E-state index contributed by atoms with van der Waals surface area (Å²) in [5.74, 6) is 2.70. The van der Waals surface area contributed by atoms with Gasteiger partial charge in [0.1, 0.15) is 16.6 Å². The number of nitrogens with zero attached hydrogens (tertiary/aromatic N) is 3. The second kappa shape index (κ2) is 8.56. The lowest BCUT2D eigenvalue weighted by atomic mass is 9.95. The molecule has 2 N–H and O–H groups in total. The van der Waals surface area contributed by atoms with Gasteiger partial charge in [-0.25, -0.2) is 4.99 Å². The quantitative estimate of drug-likeness (QED) is 0.545. The molecule has 6 rings (SSSR count). The lowest BCUT2D eigenvalue weighted by molar-refractivity contribution is 0.414. The first-order valence-corrected chi connectivity index (χ1v) is 12.5. The number of ether oxygens (including phenoxy) is 1. The summed E-state index contributed by atoms with van der Waals surface area (Å²) in [6.45, 7) is 0. The van der Waals surface area contributed by atoms with Crippen molar-refractivity contribution in [2.75, 3.05) is 12.4 Å². The van der Waals surface area contributed by atoms with Crippen molar-refractivity contribution in [2.45, 2.75) is 44.8 Å². The van der Waals surface area contributed by atoms with Crippen LogP contribution in [0.5, 0.6) is 5.75 Å². The third-order valence-electron chi connectivity index (χ3n) is 6.52. The molecule has 3 aliphatic rings. The molecule has 0 bridgehead atoms. The number of aryl methyl sites for hydroxylation is 1. The lowest BCUT2D eigenvalue weighted by Gasteiger charge is -2.32. The fourth-order valence-corrected chi connectivity index (χ4v) is 6.11. The summed E-state index contributed by atoms with van der Waals surface area (Å²) in [4.78, 5) is 8.93. The number of fused-ring (bicyclic) bond motifs is 5. The Morgan fingerprint density at radius 3 is 2.55 bits per heavy atom. The maximum absolute atomic E-state index is 5.38. The summed E-state index contributed by atoms with van der Waals surface area (Å²) >= 11 is 1.85. The van der Waals surface area contributed by atoms with Crippen LogP contribution < -0.4 is 15.5 Å². The molecule has 6 nitrogen and oxygen atoms in total. The van der Waals surface area contributed by atoms with Gasteiger partial charge < -0.3 is 10.1 Å². The molecule has 2 aliphatic heterocycles. The first-order chi connectivity index (χ1) is 16.3. The molecule has 7 heteroatoms. The molecule has 1 unspecified atom stereocenters. The lowest BCUT2D eigenvalue weighted by Crippen LogP contribution is -2.50. The minimum absolute atomic E-state index is 0.222. The van der Waals surface area contributed by atoms with E-state index in [2.05, 4.69) is 39.9 Å². The van der Waals surface area contributed by atoms with Crippen molar-refractivity contribution in [1.29, 1.82) is 0 Å². The van der Waals surface area contributed by atoms with E-state index in [0.29, 0.717) is 0 Å². The minimum atomic E-state index is -0.222. The number of benzene rings is 2. The standard InChI is InChI=1S/C26H27N5OS/c1-32-19-15-13-17(14-16-19)23-28-25-22(20-11-7-2-3-8-12-21(20)33-25)24-29-30-26(31(23)24)27-18-9-5-4-6-10-18/h4-6,9-10,13-16,26-27,30H,2-3,7-8,11-12H2,1H3. The van der Waals surface area contributed by atoms with Crippen molar-refractivity contribution in [3.63, 3.8) is 0 Å². The summed E-state index contributed by atoms with van der Waals surface area (Å²) in [5.41, 5.74) is 8.09. The highest BCUT2D eigenvalue weighted by Gasteiger charge is 2.40. The number of amidine groups is 2. The molecular weight excluding hydrogens is 430 g/mol. The Bertz CT molecular complexity index is 1220. The molecule has 3 aromatic rings. The molecule has 1 atom stereocenters. The van der Waals surface area contributed by atoms with Crippen molar-refractivity contribution < 1.29 is 4.74 Å². The largest absolute Gasteiger partial charge is 0.497 e. The molecule has 33 heavy (non-hydrogen) atoms. The van der Waals surface area contributed by atoms with Gasteiger partial charge in [-0.05, 0) is 67.6 Å². The summed E-state index contributed by atoms with van der Waals surface area (Å²) in [5, 5.41) is 9.53. The van der Waals surface area contributed by atoms with E-state index in [1.165, 1.54) is 41.7 Å². The number of hydrogen-bond donors (Lipinski definition) is 2. The number of nitrogens with one attached hydrogen (secondary N) is 2. The van der Waals surface area contributed by atoms with Gasteiger partial charge in [0.2, 0.25) is 0 Å². The third kappa shape index (κ3) is 3.66. The van der Waals surface area contributed by atoms with E-state index in [0.717, 1.165) is 46.5 Å². The van der Waals surface area contributed by atoms with E-state index >= 15 is 0 Å². The van der Waals surface area contributed by atoms with Crippen LogP contribution in [-0.4, -0.2) is 30.0 Å². The van der Waals surface area contributed by atoms with Crippen LogP contribution in [0.2, 0.25) is 0 Å². The Balaban J connectivity index is 1.45. The summed E-state index contributed by atoms with van der Waals surface area (Å²) in [6, 6.07) is 18.3. The molecule has 1 aliphatic carbocycles. The molecule has 0 spiro atoms. The Kier molecular flexibility index (Phi) is 5.26. The predicted octanol–water partition coefficient (Wildman–Crippen LogP) is 5.47. The zero-order valence-electron chi connectivity index (χ0n) is 18.7. The summed E-state index contributed by atoms with van der Waals surface area (Å²) in [7, 11) is 1.69. The second-order valence-corrected chi connectivity index (χ2v) is 9.69. The van der Waals surface area contributed by atoms with Gasteiger partial charge in [0.05, 0.1) is 12.7 Å². The zero-order valence-corrected chi connectivity index (χ0v) is 19.5. The van der Waals surface area contributed by atoms with E-state index in [4.69, 9.17) is 14.8 Å². The van der Waals surface area contributed by atoms with Crippen LogP contribution in [0.15, 0.2) is 64.7 Å². The summed E-state index contributed by atoms with van der Waals surface area (Å²) < 4.78 is 5.38. The van der Waals surface area contributed by atoms with Gasteiger partial charge in [-0.2, -0.15) is 5.10 Å². The van der Waals surface area contributed by atoms with Gasteiger partial charge in [0, 0.05) is 16.1 Å². The Morgan fingerprint density at radius 1 is 0.970 bits per heavy atom. The smallest absolute Gasteiger partial charge is 0.198 e. The van der Waals surface area contributed by atoms with Crippen LogP contribution in [0.3, 0.4) is 0 Å². The highest BCUT2D eigenvalue weighted by molar-refractivity contribution is 7.16. The van der Waals surface area contributed by atoms with Crippen molar-refractivity contribution in [3.05, 3.63) is 76.2 Å². The molecule has 168 valence electrons.